The zero-order chi connectivity index (χ0) is 10.5. The van der Waals surface area contributed by atoms with Gasteiger partial charge in [0.05, 0.1) is 6.10 Å². The number of nitrogen functional groups attached to an aromatic ring is 1. The molecule has 0 radical (unpaired) electrons. The van der Waals surface area contributed by atoms with Crippen molar-refractivity contribution in [3.8, 4) is 0 Å². The van der Waals surface area contributed by atoms with Crippen LogP contribution in [0.2, 0.25) is 0 Å². The van der Waals surface area contributed by atoms with Crippen molar-refractivity contribution in [3.05, 3.63) is 12.3 Å². The van der Waals surface area contributed by atoms with E-state index in [0.29, 0.717) is 12.1 Å². The predicted octanol–water partition coefficient (Wildman–Crippen LogP) is 0.353. The van der Waals surface area contributed by atoms with E-state index in [1.807, 2.05) is 0 Å². The van der Waals surface area contributed by atoms with Gasteiger partial charge in [-0.05, 0) is 18.9 Å². The van der Waals surface area contributed by atoms with E-state index < -0.39 is 0 Å². The molecule has 1 aliphatic heterocycles. The van der Waals surface area contributed by atoms with Crippen molar-refractivity contribution in [2.24, 2.45) is 5.84 Å². The Morgan fingerprint density at radius 3 is 3.27 bits per heavy atom. The lowest BCUT2D eigenvalue weighted by atomic mass is 10.2. The summed E-state index contributed by atoms with van der Waals surface area (Å²) < 4.78 is 5.49. The number of nitrogens with two attached hydrogens (primary N) is 1. The van der Waals surface area contributed by atoms with Gasteiger partial charge in [0, 0.05) is 19.3 Å². The maximum Gasteiger partial charge on any atom is 0.239 e. The lowest BCUT2D eigenvalue weighted by Gasteiger charge is -2.11. The fourth-order valence-corrected chi connectivity index (χ4v) is 1.55. The molecule has 82 valence electrons. The van der Waals surface area contributed by atoms with Crippen LogP contribution in [0.5, 0.6) is 0 Å². The molecule has 2 heterocycles. The second-order valence-corrected chi connectivity index (χ2v) is 3.43. The molecule has 1 aromatic heterocycles. The Balaban J connectivity index is 1.86. The summed E-state index contributed by atoms with van der Waals surface area (Å²) in [5, 5.41) is 3.19. The zero-order valence-corrected chi connectivity index (χ0v) is 8.44. The molecule has 1 aliphatic rings. The molecule has 1 atom stereocenters. The smallest absolute Gasteiger partial charge is 0.239 e. The quantitative estimate of drug-likeness (QED) is 0.490. The van der Waals surface area contributed by atoms with Crippen molar-refractivity contribution < 1.29 is 4.74 Å². The maximum absolute atomic E-state index is 5.49. The molecule has 1 fully saturated rings. The molecule has 0 aliphatic carbocycles. The number of hydrogen-bond donors (Lipinski definition) is 3. The Labute approximate surface area is 88.2 Å². The number of rotatable bonds is 4. The largest absolute Gasteiger partial charge is 0.376 e. The van der Waals surface area contributed by atoms with Crippen molar-refractivity contribution >= 4 is 11.8 Å². The van der Waals surface area contributed by atoms with Crippen molar-refractivity contribution in [3.63, 3.8) is 0 Å². The first-order chi connectivity index (χ1) is 7.38. The number of aromatic nitrogens is 2. The Kier molecular flexibility index (Phi) is 3.31. The van der Waals surface area contributed by atoms with Crippen LogP contribution >= 0.6 is 0 Å². The van der Waals surface area contributed by atoms with Crippen molar-refractivity contribution in [1.82, 2.24) is 9.97 Å². The predicted molar refractivity (Wildman–Crippen MR) is 57.3 cm³/mol. The minimum Gasteiger partial charge on any atom is -0.376 e. The highest BCUT2D eigenvalue weighted by atomic mass is 16.5. The van der Waals surface area contributed by atoms with E-state index in [1.54, 1.807) is 12.3 Å². The molecule has 0 saturated carbocycles. The Morgan fingerprint density at radius 2 is 2.53 bits per heavy atom. The van der Waals surface area contributed by atoms with Crippen LogP contribution in [0.4, 0.5) is 11.8 Å². The minimum absolute atomic E-state index is 0.300. The van der Waals surface area contributed by atoms with Gasteiger partial charge in [-0.3, -0.25) is 5.43 Å². The SMILES string of the molecule is NNc1nccc(NCC2CCCO2)n1. The summed E-state index contributed by atoms with van der Waals surface area (Å²) in [7, 11) is 0. The average molecular weight is 209 g/mol. The van der Waals surface area contributed by atoms with Crippen molar-refractivity contribution in [2.75, 3.05) is 23.9 Å². The average Bonchev–Trinajstić information content (AvgIpc) is 2.79. The van der Waals surface area contributed by atoms with Gasteiger partial charge in [0.25, 0.3) is 0 Å². The first-order valence-electron chi connectivity index (χ1n) is 5.03. The van der Waals surface area contributed by atoms with Gasteiger partial charge in [0.1, 0.15) is 5.82 Å². The molecule has 2 rings (SSSR count). The highest BCUT2D eigenvalue weighted by Gasteiger charge is 2.14. The number of ether oxygens (including phenoxy) is 1. The molecule has 0 spiro atoms. The van der Waals surface area contributed by atoms with Crippen molar-refractivity contribution in [2.45, 2.75) is 18.9 Å². The van der Waals surface area contributed by atoms with Gasteiger partial charge in [-0.2, -0.15) is 4.98 Å². The van der Waals surface area contributed by atoms with E-state index in [9.17, 15) is 0 Å². The number of nitrogens with zero attached hydrogens (tertiary/aromatic N) is 2. The normalized spacial score (nSPS) is 20.2. The lowest BCUT2D eigenvalue weighted by molar-refractivity contribution is 0.120. The number of nitrogens with one attached hydrogen (secondary N) is 2. The van der Waals surface area contributed by atoms with Crippen LogP contribution in [0.15, 0.2) is 12.3 Å². The number of hydrogen-bond acceptors (Lipinski definition) is 6. The molecule has 0 amide bonds. The van der Waals surface area contributed by atoms with Gasteiger partial charge >= 0.3 is 0 Å². The third kappa shape index (κ3) is 2.77. The molecule has 4 N–H and O–H groups in total. The third-order valence-corrected chi connectivity index (χ3v) is 2.32. The van der Waals surface area contributed by atoms with E-state index in [1.165, 1.54) is 0 Å². The molecule has 0 bridgehead atoms. The van der Waals surface area contributed by atoms with Crippen LogP contribution < -0.4 is 16.6 Å². The molecule has 15 heavy (non-hydrogen) atoms. The van der Waals surface area contributed by atoms with E-state index in [2.05, 4.69) is 20.7 Å². The summed E-state index contributed by atoms with van der Waals surface area (Å²) in [5.41, 5.74) is 2.40. The lowest BCUT2D eigenvalue weighted by Crippen LogP contribution is -2.19. The highest BCUT2D eigenvalue weighted by molar-refractivity contribution is 5.38. The van der Waals surface area contributed by atoms with E-state index in [-0.39, 0.29) is 0 Å². The number of hydrazine groups is 1. The van der Waals surface area contributed by atoms with E-state index >= 15 is 0 Å². The Morgan fingerprint density at radius 1 is 1.60 bits per heavy atom. The zero-order valence-electron chi connectivity index (χ0n) is 8.44. The monoisotopic (exact) mass is 209 g/mol. The van der Waals surface area contributed by atoms with E-state index in [0.717, 1.165) is 31.8 Å². The van der Waals surface area contributed by atoms with Crippen LogP contribution in [-0.2, 0) is 4.74 Å². The second kappa shape index (κ2) is 4.90. The minimum atomic E-state index is 0.300. The van der Waals surface area contributed by atoms with Gasteiger partial charge in [-0.25, -0.2) is 10.8 Å². The molecule has 1 saturated heterocycles. The van der Waals surface area contributed by atoms with Gasteiger partial charge in [-0.15, -0.1) is 0 Å². The molecule has 1 aromatic rings. The molecule has 1 unspecified atom stereocenters. The molecular weight excluding hydrogens is 194 g/mol. The van der Waals surface area contributed by atoms with Gasteiger partial charge < -0.3 is 10.1 Å². The van der Waals surface area contributed by atoms with Gasteiger partial charge in [0.15, 0.2) is 0 Å². The fourth-order valence-electron chi connectivity index (χ4n) is 1.55. The summed E-state index contributed by atoms with van der Waals surface area (Å²) in [6, 6.07) is 1.80. The van der Waals surface area contributed by atoms with Crippen molar-refractivity contribution in [1.29, 1.82) is 0 Å². The van der Waals surface area contributed by atoms with Crippen LogP contribution in [0, 0.1) is 0 Å². The number of anilines is 2. The maximum atomic E-state index is 5.49. The summed E-state index contributed by atoms with van der Waals surface area (Å²) in [4.78, 5) is 8.06. The fraction of sp³-hybridized carbons (Fsp3) is 0.556. The standard InChI is InChI=1S/C9H15N5O/c10-14-9-11-4-3-8(13-9)12-6-7-2-1-5-15-7/h3-4,7H,1-2,5-6,10H2,(H2,11,12,13,14). The summed E-state index contributed by atoms with van der Waals surface area (Å²) in [6.45, 7) is 1.65. The topological polar surface area (TPSA) is 85.1 Å². The second-order valence-electron chi connectivity index (χ2n) is 3.43. The summed E-state index contributed by atoms with van der Waals surface area (Å²) in [6.07, 6.45) is 4.21. The summed E-state index contributed by atoms with van der Waals surface area (Å²) >= 11 is 0. The van der Waals surface area contributed by atoms with Crippen LogP contribution in [0.25, 0.3) is 0 Å². The van der Waals surface area contributed by atoms with Crippen LogP contribution in [-0.4, -0.2) is 29.2 Å². The first kappa shape index (κ1) is 10.1. The Hall–Kier alpha value is -1.40. The highest BCUT2D eigenvalue weighted by Crippen LogP contribution is 2.13. The molecule has 6 heteroatoms. The van der Waals surface area contributed by atoms with E-state index in [4.69, 9.17) is 10.6 Å². The van der Waals surface area contributed by atoms with Crippen LogP contribution in [0.3, 0.4) is 0 Å². The van der Waals surface area contributed by atoms with Gasteiger partial charge in [-0.1, -0.05) is 0 Å². The Bertz CT molecular complexity index is 313. The summed E-state index contributed by atoms with van der Waals surface area (Å²) in [5.74, 6) is 6.38. The van der Waals surface area contributed by atoms with Gasteiger partial charge in [0.2, 0.25) is 5.95 Å². The third-order valence-electron chi connectivity index (χ3n) is 2.32. The first-order valence-corrected chi connectivity index (χ1v) is 5.03. The molecule has 6 nitrogen and oxygen atoms in total. The molecule has 0 aromatic carbocycles. The van der Waals surface area contributed by atoms with Crippen LogP contribution in [0.1, 0.15) is 12.8 Å². The molecular formula is C9H15N5O.